The zero-order chi connectivity index (χ0) is 30.1. The summed E-state index contributed by atoms with van der Waals surface area (Å²) in [7, 11) is 1.48. The molecule has 11 heteroatoms. The molecule has 8 nitrogen and oxygen atoms in total. The number of carbonyl (C=O) groups is 2. The van der Waals surface area contributed by atoms with Crippen molar-refractivity contribution in [3.63, 3.8) is 0 Å². The van der Waals surface area contributed by atoms with Crippen LogP contribution in [0, 0.1) is 17.0 Å². The van der Waals surface area contributed by atoms with Crippen LogP contribution in [0.4, 0.5) is 29.7 Å². The number of alkyl carbamates (subject to hydrolysis) is 1. The Bertz CT molecular complexity index is 1420. The highest BCUT2D eigenvalue weighted by atomic mass is 35.5. The average molecular weight is 591 g/mol. The number of amides is 2. The van der Waals surface area contributed by atoms with E-state index in [2.05, 4.69) is 15.2 Å². The van der Waals surface area contributed by atoms with Gasteiger partial charge in [-0.3, -0.25) is 9.88 Å². The topological polar surface area (TPSA) is 84.0 Å². The number of benzene rings is 1. The minimum atomic E-state index is -1.08. The Kier molecular flexibility index (Phi) is 7.16. The van der Waals surface area contributed by atoms with Gasteiger partial charge in [-0.25, -0.2) is 18.4 Å². The van der Waals surface area contributed by atoms with E-state index in [1.54, 1.807) is 20.8 Å². The summed E-state index contributed by atoms with van der Waals surface area (Å²) in [5.41, 5.74) is 0.790. The number of rotatable bonds is 3. The number of halogens is 3. The molecule has 0 unspecified atom stereocenters. The Morgan fingerprint density at radius 1 is 1.15 bits per heavy atom. The Hall–Kier alpha value is -3.14. The highest BCUT2D eigenvalue weighted by molar-refractivity contribution is 6.34. The summed E-state index contributed by atoms with van der Waals surface area (Å²) < 4.78 is 41.7. The molecular formula is C30H37ClF2N4O4. The van der Waals surface area contributed by atoms with E-state index >= 15 is 8.78 Å². The van der Waals surface area contributed by atoms with Crippen LogP contribution >= 0.6 is 11.6 Å². The number of nitrogens with one attached hydrogen (secondary N) is 1. The number of hydrogen-bond acceptors (Lipinski definition) is 6. The molecule has 1 spiro atoms. The summed E-state index contributed by atoms with van der Waals surface area (Å²) in [5.74, 6) is -2.08. The van der Waals surface area contributed by atoms with Crippen LogP contribution in [0.1, 0.15) is 72.1 Å². The number of nitrogens with zero attached hydrogens (tertiary/aromatic N) is 3. The second-order valence-electron chi connectivity index (χ2n) is 13.3. The van der Waals surface area contributed by atoms with E-state index in [0.29, 0.717) is 40.6 Å². The molecule has 2 heterocycles. The molecule has 3 aliphatic rings. The van der Waals surface area contributed by atoms with Crippen LogP contribution in [0.25, 0.3) is 11.1 Å². The predicted molar refractivity (Wildman–Crippen MR) is 154 cm³/mol. The largest absolute Gasteiger partial charge is 0.444 e. The van der Waals surface area contributed by atoms with Gasteiger partial charge in [0, 0.05) is 61.4 Å². The van der Waals surface area contributed by atoms with Gasteiger partial charge < -0.3 is 19.7 Å². The quantitative estimate of drug-likeness (QED) is 0.360. The maximum atomic E-state index is 15.6. The number of piperidine rings is 1. The van der Waals surface area contributed by atoms with Crippen molar-refractivity contribution >= 4 is 35.2 Å². The minimum Gasteiger partial charge on any atom is -0.444 e. The second-order valence-corrected chi connectivity index (χ2v) is 13.7. The summed E-state index contributed by atoms with van der Waals surface area (Å²) in [5, 5.41) is 3.33. The number of aromatic nitrogens is 1. The predicted octanol–water partition coefficient (Wildman–Crippen LogP) is 6.84. The normalized spacial score (nSPS) is 21.3. The third-order valence-corrected chi connectivity index (χ3v) is 8.09. The van der Waals surface area contributed by atoms with Crippen LogP contribution in [0.2, 0.25) is 5.02 Å². The van der Waals surface area contributed by atoms with E-state index in [1.165, 1.54) is 18.1 Å². The molecule has 2 atom stereocenters. The third kappa shape index (κ3) is 5.67. The molecule has 222 valence electrons. The lowest BCUT2D eigenvalue weighted by Crippen LogP contribution is -2.42. The molecule has 2 amide bonds. The summed E-state index contributed by atoms with van der Waals surface area (Å²) in [4.78, 5) is 33.1. The Morgan fingerprint density at radius 3 is 2.49 bits per heavy atom. The van der Waals surface area contributed by atoms with E-state index in [4.69, 9.17) is 21.1 Å². The van der Waals surface area contributed by atoms with Gasteiger partial charge in [-0.2, -0.15) is 0 Å². The van der Waals surface area contributed by atoms with Crippen LogP contribution < -0.4 is 15.1 Å². The number of fused-ring (bicyclic) bond motifs is 3. The van der Waals surface area contributed by atoms with Crippen molar-refractivity contribution in [3.8, 4) is 11.1 Å². The highest BCUT2D eigenvalue weighted by Gasteiger charge is 2.57. The van der Waals surface area contributed by atoms with Crippen LogP contribution in [0.15, 0.2) is 12.3 Å². The molecule has 1 saturated heterocycles. The van der Waals surface area contributed by atoms with Crippen molar-refractivity contribution < 1.29 is 27.8 Å². The first-order valence-corrected chi connectivity index (χ1v) is 14.3. The molecule has 1 saturated carbocycles. The molecule has 0 bridgehead atoms. The first kappa shape index (κ1) is 29.4. The van der Waals surface area contributed by atoms with Gasteiger partial charge in [-0.15, -0.1) is 0 Å². The standard InChI is InChI=1S/C30H37ClF2N4O4/c1-28(2,3)40-26(38)35-21-13-30(21)9-8-10-37(15-30)25-17(31)14-34-19-11-16-20(36(7)27(39)41-29(4,5)6)12-18(32)24(33)22(16)23(19)25/h12,14,21H,8-11,13,15H2,1-7H3,(H,35,38)/t21-,30-/m1/s1. The van der Waals surface area contributed by atoms with Crippen LogP contribution in [0.3, 0.4) is 0 Å². The van der Waals surface area contributed by atoms with E-state index in [1.807, 2.05) is 20.8 Å². The zero-order valence-electron chi connectivity index (χ0n) is 24.6. The molecule has 2 aliphatic carbocycles. The average Bonchev–Trinajstić information content (AvgIpc) is 3.31. The van der Waals surface area contributed by atoms with Crippen molar-refractivity contribution in [2.24, 2.45) is 5.41 Å². The number of carbonyl (C=O) groups excluding carboxylic acids is 2. The monoisotopic (exact) mass is 590 g/mol. The molecule has 1 aromatic carbocycles. The van der Waals surface area contributed by atoms with Crippen molar-refractivity contribution in [3.05, 3.63) is 40.2 Å². The molecule has 1 aromatic heterocycles. The number of ether oxygens (including phenoxy) is 2. The Labute approximate surface area is 244 Å². The first-order chi connectivity index (χ1) is 19.0. The fourth-order valence-corrected chi connectivity index (χ4v) is 6.27. The van der Waals surface area contributed by atoms with Crippen molar-refractivity contribution in [2.45, 2.75) is 84.5 Å². The Morgan fingerprint density at radius 2 is 1.83 bits per heavy atom. The molecular weight excluding hydrogens is 554 g/mol. The lowest BCUT2D eigenvalue weighted by atomic mass is 9.92. The molecule has 2 fully saturated rings. The molecule has 1 aliphatic heterocycles. The molecule has 2 aromatic rings. The van der Waals surface area contributed by atoms with Crippen LogP contribution in [-0.4, -0.2) is 54.6 Å². The van der Waals surface area contributed by atoms with Crippen LogP contribution in [0.5, 0.6) is 0 Å². The Balaban J connectivity index is 1.48. The molecule has 41 heavy (non-hydrogen) atoms. The smallest absolute Gasteiger partial charge is 0.414 e. The molecule has 0 radical (unpaired) electrons. The number of anilines is 2. The zero-order valence-corrected chi connectivity index (χ0v) is 25.3. The van der Waals surface area contributed by atoms with Crippen molar-refractivity contribution in [2.75, 3.05) is 29.9 Å². The third-order valence-electron chi connectivity index (χ3n) is 7.82. The fourth-order valence-electron chi connectivity index (χ4n) is 6.01. The van der Waals surface area contributed by atoms with Crippen molar-refractivity contribution in [1.82, 2.24) is 10.3 Å². The summed E-state index contributed by atoms with van der Waals surface area (Å²) >= 11 is 6.74. The van der Waals surface area contributed by atoms with Gasteiger partial charge in [-0.1, -0.05) is 11.6 Å². The van der Waals surface area contributed by atoms with Gasteiger partial charge in [0.05, 0.1) is 22.1 Å². The van der Waals surface area contributed by atoms with Gasteiger partial charge >= 0.3 is 12.2 Å². The minimum absolute atomic E-state index is 0.0515. The van der Waals surface area contributed by atoms with Gasteiger partial charge in [0.15, 0.2) is 11.6 Å². The van der Waals surface area contributed by atoms with Gasteiger partial charge in [0.1, 0.15) is 11.2 Å². The van der Waals surface area contributed by atoms with Gasteiger partial charge in [0.2, 0.25) is 0 Å². The van der Waals surface area contributed by atoms with Gasteiger partial charge in [0.25, 0.3) is 0 Å². The molecule has 5 rings (SSSR count). The van der Waals surface area contributed by atoms with E-state index in [-0.39, 0.29) is 29.1 Å². The van der Waals surface area contributed by atoms with E-state index < -0.39 is 35.0 Å². The number of hydrogen-bond donors (Lipinski definition) is 1. The second kappa shape index (κ2) is 10.00. The lowest BCUT2D eigenvalue weighted by molar-refractivity contribution is 0.0513. The lowest BCUT2D eigenvalue weighted by Gasteiger charge is -2.37. The summed E-state index contributed by atoms with van der Waals surface area (Å²) in [6.45, 7) is 11.9. The fraction of sp³-hybridized carbons (Fsp3) is 0.567. The molecule has 1 N–H and O–H groups in total. The first-order valence-electron chi connectivity index (χ1n) is 13.9. The van der Waals surface area contributed by atoms with E-state index in [9.17, 15) is 9.59 Å². The van der Waals surface area contributed by atoms with Gasteiger partial charge in [-0.05, 0) is 66.4 Å². The SMILES string of the molecule is CN(C(=O)OC(C)(C)C)c1cc(F)c(F)c2c1Cc1ncc(Cl)c(N3CCC[C@@]4(C[C@H]4NC(=O)OC(C)(C)C)C3)c1-2. The van der Waals surface area contributed by atoms with Crippen LogP contribution in [-0.2, 0) is 15.9 Å². The number of pyridine rings is 1. The summed E-state index contributed by atoms with van der Waals surface area (Å²) in [6, 6.07) is 0.975. The van der Waals surface area contributed by atoms with Crippen molar-refractivity contribution in [1.29, 1.82) is 0 Å². The maximum absolute atomic E-state index is 15.6. The highest BCUT2D eigenvalue weighted by Crippen LogP contribution is 2.56. The van der Waals surface area contributed by atoms with E-state index in [0.717, 1.165) is 25.3 Å². The summed E-state index contributed by atoms with van der Waals surface area (Å²) in [6.07, 6.45) is 3.16. The maximum Gasteiger partial charge on any atom is 0.414 e.